The Morgan fingerprint density at radius 2 is 1.14 bits per heavy atom. The Morgan fingerprint density at radius 1 is 0.810 bits per heavy atom. The van der Waals surface area contributed by atoms with E-state index in [9.17, 15) is 29.6 Å². The van der Waals surface area contributed by atoms with Crippen molar-refractivity contribution < 1.29 is 10.4 Å². The van der Waals surface area contributed by atoms with Crippen LogP contribution in [0, 0.1) is 13.8 Å². The van der Waals surface area contributed by atoms with Crippen molar-refractivity contribution in [2.45, 2.75) is 13.8 Å². The third-order valence-corrected chi connectivity index (χ3v) is 2.69. The molecule has 0 saturated heterocycles. The van der Waals surface area contributed by atoms with E-state index in [2.05, 4.69) is 0 Å². The van der Waals surface area contributed by atoms with Crippen LogP contribution in [0.4, 0.5) is 0 Å². The maximum atomic E-state index is 11.8. The van der Waals surface area contributed by atoms with Crippen molar-refractivity contribution in [3.05, 3.63) is 65.2 Å². The van der Waals surface area contributed by atoms with Crippen molar-refractivity contribution in [2.24, 2.45) is 0 Å². The fourth-order valence-corrected chi connectivity index (χ4v) is 1.60. The van der Waals surface area contributed by atoms with Gasteiger partial charge in [-0.2, -0.15) is 0 Å². The van der Waals surface area contributed by atoms with Gasteiger partial charge in [-0.25, -0.2) is 15.1 Å². The Bertz CT molecular complexity index is 800. The summed E-state index contributed by atoms with van der Waals surface area (Å²) in [5, 5.41) is 18.6. The molecule has 112 valence electrons. The van der Waals surface area contributed by atoms with Crippen LogP contribution in [0.15, 0.2) is 31.6 Å². The molecule has 2 heterocycles. The molecule has 0 unspecified atom stereocenters. The molecule has 0 radical (unpaired) electrons. The first-order chi connectivity index (χ1) is 9.73. The molecule has 0 saturated carbocycles. The lowest BCUT2D eigenvalue weighted by Gasteiger charge is -2.12. The number of hydrogen-bond acceptors (Lipinski definition) is 7. The molecule has 2 aromatic heterocycles. The second kappa shape index (κ2) is 4.70. The predicted molar refractivity (Wildman–Crippen MR) is 68.5 cm³/mol. The van der Waals surface area contributed by atoms with Gasteiger partial charge in [-0.1, -0.05) is 0 Å². The maximum absolute atomic E-state index is 11.8. The van der Waals surface area contributed by atoms with Crippen LogP contribution >= 0.6 is 0 Å². The van der Waals surface area contributed by atoms with E-state index in [-0.39, 0.29) is 29.9 Å². The van der Waals surface area contributed by atoms with Gasteiger partial charge in [-0.3, -0.25) is 9.59 Å². The van der Waals surface area contributed by atoms with Crippen LogP contribution in [0.25, 0.3) is 0 Å². The Labute approximate surface area is 115 Å². The summed E-state index contributed by atoms with van der Waals surface area (Å²) >= 11 is 0. The summed E-state index contributed by atoms with van der Waals surface area (Å²) in [4.78, 5) is 47.0. The highest BCUT2D eigenvalue weighted by Gasteiger charge is 2.13. The summed E-state index contributed by atoms with van der Waals surface area (Å²) in [5.74, 6) is 0. The van der Waals surface area contributed by atoms with Crippen LogP contribution in [-0.2, 0) is 0 Å². The third-order valence-electron chi connectivity index (χ3n) is 2.69. The number of nitrogens with zero attached hydrogens (tertiary/aromatic N) is 4. The van der Waals surface area contributed by atoms with Crippen molar-refractivity contribution >= 4 is 0 Å². The second-order valence-electron chi connectivity index (χ2n) is 4.26. The molecule has 0 atom stereocenters. The summed E-state index contributed by atoms with van der Waals surface area (Å²) < 4.78 is 0.749. The molecule has 0 aliphatic heterocycles. The van der Waals surface area contributed by atoms with Crippen LogP contribution in [-0.4, -0.2) is 29.2 Å². The van der Waals surface area contributed by atoms with Gasteiger partial charge in [0.2, 0.25) is 0 Å². The average molecular weight is 297 g/mol. The van der Waals surface area contributed by atoms with Crippen molar-refractivity contribution in [1.82, 2.24) is 18.8 Å². The molecule has 3 N–H and O–H groups in total. The molecule has 0 bridgehead atoms. The summed E-state index contributed by atoms with van der Waals surface area (Å²) in [6.45, 7) is 2.63. The van der Waals surface area contributed by atoms with Crippen LogP contribution in [0.1, 0.15) is 11.1 Å². The minimum Gasteiger partial charge on any atom is -0.424 e. The summed E-state index contributed by atoms with van der Waals surface area (Å²) in [6.07, 6.45) is 1.76. The van der Waals surface area contributed by atoms with E-state index in [0.29, 0.717) is 0 Å². The van der Waals surface area contributed by atoms with E-state index in [1.807, 2.05) is 5.53 Å². The molecule has 0 aromatic carbocycles. The van der Waals surface area contributed by atoms with Gasteiger partial charge in [0.05, 0.1) is 12.4 Å². The smallest absolute Gasteiger partial charge is 0.384 e. The highest BCUT2D eigenvalue weighted by Crippen LogP contribution is 1.83. The molecule has 11 heteroatoms. The van der Waals surface area contributed by atoms with E-state index in [1.165, 1.54) is 13.8 Å². The van der Waals surface area contributed by atoms with Gasteiger partial charge in [-0.15, -0.1) is 18.8 Å². The maximum Gasteiger partial charge on any atom is 0.384 e. The lowest BCUT2D eigenvalue weighted by molar-refractivity contribution is 0.159. The lowest BCUT2D eigenvalue weighted by Crippen LogP contribution is -2.54. The topological polar surface area (TPSA) is 140 Å². The minimum atomic E-state index is -1.22. The highest BCUT2D eigenvalue weighted by molar-refractivity contribution is 5.05. The largest absolute Gasteiger partial charge is 0.424 e. The first kappa shape index (κ1) is 14.2. The molecule has 2 aromatic rings. The highest BCUT2D eigenvalue weighted by atomic mass is 16.5. The Kier molecular flexibility index (Phi) is 3.17. The molecule has 0 fully saturated rings. The Hall–Kier alpha value is -3.24. The number of aromatic nitrogens is 4. The van der Waals surface area contributed by atoms with Gasteiger partial charge in [0.15, 0.2) is 0 Å². The summed E-state index contributed by atoms with van der Waals surface area (Å²) in [6, 6.07) is 0. The molecule has 21 heavy (non-hydrogen) atoms. The SMILES string of the molecule is Cc1cn(O)c(=O)n(Nn2c(=O)c(C)cn(O)c2=O)c1=O. The fraction of sp³-hybridized carbons (Fsp3) is 0.200. The van der Waals surface area contributed by atoms with E-state index in [1.54, 1.807) is 0 Å². The summed E-state index contributed by atoms with van der Waals surface area (Å²) in [7, 11) is 0. The minimum absolute atomic E-state index is 0.0189. The molecule has 2 rings (SSSR count). The van der Waals surface area contributed by atoms with Gasteiger partial charge in [0.1, 0.15) is 0 Å². The predicted octanol–water partition coefficient (Wildman–Crippen LogP) is -2.57. The van der Waals surface area contributed by atoms with Crippen LogP contribution in [0.2, 0.25) is 0 Å². The quantitative estimate of drug-likeness (QED) is 0.517. The van der Waals surface area contributed by atoms with Crippen molar-refractivity contribution in [3.63, 3.8) is 0 Å². The zero-order chi connectivity index (χ0) is 15.9. The monoisotopic (exact) mass is 297 g/mol. The summed E-state index contributed by atoms with van der Waals surface area (Å²) in [5.41, 5.74) is -2.26. The normalized spacial score (nSPS) is 10.6. The van der Waals surface area contributed by atoms with Gasteiger partial charge < -0.3 is 10.4 Å². The molecule has 0 amide bonds. The standard InChI is InChI=1S/C10H11N5O6/c1-5-3-12(20)9(18)14(7(5)16)11-15-8(17)6(2)4-13(21)10(15)19/h3-4,11,20-21H,1-2H3. The molecule has 0 aliphatic carbocycles. The Balaban J connectivity index is 2.77. The van der Waals surface area contributed by atoms with Crippen molar-refractivity contribution in [2.75, 3.05) is 5.53 Å². The van der Waals surface area contributed by atoms with Crippen LogP contribution < -0.4 is 28.0 Å². The second-order valence-corrected chi connectivity index (χ2v) is 4.26. The first-order valence-corrected chi connectivity index (χ1v) is 5.60. The van der Waals surface area contributed by atoms with E-state index < -0.39 is 22.5 Å². The number of hydrogen-bond donors (Lipinski definition) is 3. The first-order valence-electron chi connectivity index (χ1n) is 5.60. The van der Waals surface area contributed by atoms with Crippen LogP contribution in [0.3, 0.4) is 0 Å². The van der Waals surface area contributed by atoms with Crippen LogP contribution in [0.5, 0.6) is 0 Å². The zero-order valence-corrected chi connectivity index (χ0v) is 11.0. The molecule has 0 spiro atoms. The van der Waals surface area contributed by atoms with Crippen molar-refractivity contribution in [3.8, 4) is 0 Å². The Morgan fingerprint density at radius 3 is 1.48 bits per heavy atom. The third kappa shape index (κ3) is 2.20. The zero-order valence-electron chi connectivity index (χ0n) is 11.0. The van der Waals surface area contributed by atoms with E-state index in [0.717, 1.165) is 12.4 Å². The van der Waals surface area contributed by atoms with E-state index in [4.69, 9.17) is 0 Å². The van der Waals surface area contributed by atoms with Gasteiger partial charge in [0, 0.05) is 11.1 Å². The molecule has 11 nitrogen and oxygen atoms in total. The molecular weight excluding hydrogens is 286 g/mol. The van der Waals surface area contributed by atoms with E-state index >= 15 is 0 Å². The fourth-order valence-electron chi connectivity index (χ4n) is 1.60. The number of aryl methyl sites for hydroxylation is 2. The van der Waals surface area contributed by atoms with Gasteiger partial charge in [-0.05, 0) is 13.8 Å². The van der Waals surface area contributed by atoms with Crippen molar-refractivity contribution in [1.29, 1.82) is 0 Å². The lowest BCUT2D eigenvalue weighted by atomic mass is 10.4. The number of nitrogens with one attached hydrogen (secondary N) is 1. The molecule has 0 aliphatic rings. The molecular formula is C10H11N5O6. The van der Waals surface area contributed by atoms with Gasteiger partial charge in [0.25, 0.3) is 11.1 Å². The van der Waals surface area contributed by atoms with Gasteiger partial charge >= 0.3 is 11.4 Å². The number of rotatable bonds is 2. The average Bonchev–Trinajstić information content (AvgIpc) is 2.42.